The molecule has 2 heteroatoms. The molecule has 1 nitrogen and oxygen atoms in total. The summed E-state index contributed by atoms with van der Waals surface area (Å²) >= 11 is 3.51. The molecule has 0 saturated carbocycles. The highest BCUT2D eigenvalue weighted by Crippen LogP contribution is 2.28. The van der Waals surface area contributed by atoms with Gasteiger partial charge >= 0.3 is 0 Å². The van der Waals surface area contributed by atoms with Crippen molar-refractivity contribution in [2.75, 3.05) is 5.33 Å². The Morgan fingerprint density at radius 2 is 1.79 bits per heavy atom. The fourth-order valence-corrected chi connectivity index (χ4v) is 2.90. The molecule has 0 saturated heterocycles. The molecular weight excluding hydrogens is 300 g/mol. The predicted octanol–water partition coefficient (Wildman–Crippen LogP) is 5.68. The number of para-hydroxylation sites is 1. The Balaban J connectivity index is 2.15. The standard InChI is InChI=1S/C17H19BrO/c1-13(10-11-18)17-9-8-16(12-14(17)2)19-15-6-4-3-5-7-15/h3-9,12-13H,10-11H2,1-2H3. The molecule has 100 valence electrons. The van der Waals surface area contributed by atoms with Crippen LogP contribution in [-0.2, 0) is 0 Å². The lowest BCUT2D eigenvalue weighted by Crippen LogP contribution is -1.97. The Hall–Kier alpha value is -1.28. The molecule has 0 aromatic heterocycles. The highest BCUT2D eigenvalue weighted by Gasteiger charge is 2.09. The van der Waals surface area contributed by atoms with Gasteiger partial charge in [-0.05, 0) is 54.7 Å². The first kappa shape index (κ1) is 14.1. The number of rotatable bonds is 5. The maximum Gasteiger partial charge on any atom is 0.127 e. The lowest BCUT2D eigenvalue weighted by Gasteiger charge is -2.15. The van der Waals surface area contributed by atoms with Crippen molar-refractivity contribution >= 4 is 15.9 Å². The first-order valence-corrected chi connectivity index (χ1v) is 7.72. The normalized spacial score (nSPS) is 12.2. The van der Waals surface area contributed by atoms with Crippen LogP contribution in [-0.4, -0.2) is 5.33 Å². The van der Waals surface area contributed by atoms with E-state index < -0.39 is 0 Å². The average Bonchev–Trinajstić information content (AvgIpc) is 2.40. The highest BCUT2D eigenvalue weighted by molar-refractivity contribution is 9.09. The van der Waals surface area contributed by atoms with Crippen LogP contribution in [0.2, 0.25) is 0 Å². The third kappa shape index (κ3) is 3.84. The summed E-state index contributed by atoms with van der Waals surface area (Å²) in [4.78, 5) is 0. The fraction of sp³-hybridized carbons (Fsp3) is 0.294. The third-order valence-electron chi connectivity index (χ3n) is 3.29. The number of ether oxygens (including phenoxy) is 1. The summed E-state index contributed by atoms with van der Waals surface area (Å²) < 4.78 is 5.84. The molecule has 2 aromatic rings. The van der Waals surface area contributed by atoms with Crippen LogP contribution >= 0.6 is 15.9 Å². The van der Waals surface area contributed by atoms with Gasteiger partial charge in [-0.1, -0.05) is 47.1 Å². The summed E-state index contributed by atoms with van der Waals surface area (Å²) in [6, 6.07) is 16.2. The fourth-order valence-electron chi connectivity index (χ4n) is 2.21. The number of hydrogen-bond acceptors (Lipinski definition) is 1. The Morgan fingerprint density at radius 3 is 2.42 bits per heavy atom. The quantitative estimate of drug-likeness (QED) is 0.645. The van der Waals surface area contributed by atoms with Gasteiger partial charge in [0.1, 0.15) is 11.5 Å². The van der Waals surface area contributed by atoms with Gasteiger partial charge in [0.25, 0.3) is 0 Å². The van der Waals surface area contributed by atoms with Gasteiger partial charge in [0.05, 0.1) is 0 Å². The van der Waals surface area contributed by atoms with Crippen LogP contribution in [0, 0.1) is 6.92 Å². The van der Waals surface area contributed by atoms with Gasteiger partial charge in [-0.3, -0.25) is 0 Å². The monoisotopic (exact) mass is 318 g/mol. The van der Waals surface area contributed by atoms with Crippen molar-refractivity contribution in [3.63, 3.8) is 0 Å². The van der Waals surface area contributed by atoms with Crippen molar-refractivity contribution in [1.29, 1.82) is 0 Å². The lowest BCUT2D eigenvalue weighted by molar-refractivity contribution is 0.482. The van der Waals surface area contributed by atoms with E-state index >= 15 is 0 Å². The maximum atomic E-state index is 5.84. The molecule has 0 aliphatic heterocycles. The highest BCUT2D eigenvalue weighted by atomic mass is 79.9. The molecule has 0 heterocycles. The van der Waals surface area contributed by atoms with E-state index in [1.54, 1.807) is 0 Å². The van der Waals surface area contributed by atoms with Crippen molar-refractivity contribution < 1.29 is 4.74 Å². The van der Waals surface area contributed by atoms with E-state index in [1.165, 1.54) is 11.1 Å². The van der Waals surface area contributed by atoms with Crippen molar-refractivity contribution in [3.8, 4) is 11.5 Å². The predicted molar refractivity (Wildman–Crippen MR) is 84.5 cm³/mol. The molecule has 0 aliphatic rings. The van der Waals surface area contributed by atoms with Crippen LogP contribution in [0.25, 0.3) is 0 Å². The SMILES string of the molecule is Cc1cc(Oc2ccccc2)ccc1C(C)CCBr. The molecule has 1 atom stereocenters. The first-order valence-electron chi connectivity index (χ1n) is 6.60. The van der Waals surface area contributed by atoms with E-state index in [-0.39, 0.29) is 0 Å². The van der Waals surface area contributed by atoms with Crippen molar-refractivity contribution in [3.05, 3.63) is 59.7 Å². The molecule has 0 aliphatic carbocycles. The summed E-state index contributed by atoms with van der Waals surface area (Å²) in [6.45, 7) is 4.42. The summed E-state index contributed by atoms with van der Waals surface area (Å²) in [5, 5.41) is 1.04. The molecule has 0 spiro atoms. The molecule has 1 unspecified atom stereocenters. The van der Waals surface area contributed by atoms with E-state index in [1.807, 2.05) is 30.3 Å². The summed E-state index contributed by atoms with van der Waals surface area (Å²) in [5.41, 5.74) is 2.70. The topological polar surface area (TPSA) is 9.23 Å². The molecule has 2 aromatic carbocycles. The van der Waals surface area contributed by atoms with E-state index in [0.29, 0.717) is 5.92 Å². The Labute approximate surface area is 123 Å². The zero-order chi connectivity index (χ0) is 13.7. The molecule has 0 fully saturated rings. The van der Waals surface area contributed by atoms with Crippen LogP contribution in [0.15, 0.2) is 48.5 Å². The summed E-state index contributed by atoms with van der Waals surface area (Å²) in [6.07, 6.45) is 1.15. The minimum absolute atomic E-state index is 0.574. The van der Waals surface area contributed by atoms with E-state index in [4.69, 9.17) is 4.74 Å². The number of hydrogen-bond donors (Lipinski definition) is 0. The summed E-state index contributed by atoms with van der Waals surface area (Å²) in [5.74, 6) is 2.35. The number of alkyl halides is 1. The smallest absolute Gasteiger partial charge is 0.127 e. The molecule has 0 bridgehead atoms. The van der Waals surface area contributed by atoms with Gasteiger partial charge in [0.15, 0.2) is 0 Å². The Kier molecular flexibility index (Phi) is 5.03. The van der Waals surface area contributed by atoms with Gasteiger partial charge < -0.3 is 4.74 Å². The molecule has 0 N–H and O–H groups in total. The van der Waals surface area contributed by atoms with E-state index in [0.717, 1.165) is 23.2 Å². The molecule has 0 amide bonds. The van der Waals surface area contributed by atoms with E-state index in [2.05, 4.69) is 48.0 Å². The zero-order valence-electron chi connectivity index (χ0n) is 11.4. The molecular formula is C17H19BrO. The van der Waals surface area contributed by atoms with Gasteiger partial charge in [0, 0.05) is 5.33 Å². The second kappa shape index (κ2) is 6.76. The van der Waals surface area contributed by atoms with Crippen molar-refractivity contribution in [2.24, 2.45) is 0 Å². The number of aryl methyl sites for hydroxylation is 1. The number of benzene rings is 2. The second-order valence-electron chi connectivity index (χ2n) is 4.81. The Bertz CT molecular complexity index is 522. The van der Waals surface area contributed by atoms with Crippen molar-refractivity contribution in [1.82, 2.24) is 0 Å². The zero-order valence-corrected chi connectivity index (χ0v) is 13.0. The van der Waals surface area contributed by atoms with Crippen LogP contribution in [0.1, 0.15) is 30.4 Å². The largest absolute Gasteiger partial charge is 0.457 e. The van der Waals surface area contributed by atoms with Gasteiger partial charge in [0.2, 0.25) is 0 Å². The summed E-state index contributed by atoms with van der Waals surface area (Å²) in [7, 11) is 0. The van der Waals surface area contributed by atoms with Gasteiger partial charge in [-0.15, -0.1) is 0 Å². The lowest BCUT2D eigenvalue weighted by atomic mass is 9.94. The van der Waals surface area contributed by atoms with Crippen LogP contribution < -0.4 is 4.74 Å². The number of halogens is 1. The van der Waals surface area contributed by atoms with Crippen molar-refractivity contribution in [2.45, 2.75) is 26.2 Å². The van der Waals surface area contributed by atoms with Gasteiger partial charge in [-0.25, -0.2) is 0 Å². The second-order valence-corrected chi connectivity index (χ2v) is 5.61. The van der Waals surface area contributed by atoms with E-state index in [9.17, 15) is 0 Å². The first-order chi connectivity index (χ1) is 9.20. The minimum atomic E-state index is 0.574. The third-order valence-corrected chi connectivity index (χ3v) is 3.75. The van der Waals surface area contributed by atoms with Gasteiger partial charge in [-0.2, -0.15) is 0 Å². The van der Waals surface area contributed by atoms with Crippen LogP contribution in [0.3, 0.4) is 0 Å². The average molecular weight is 319 g/mol. The molecule has 2 rings (SSSR count). The van der Waals surface area contributed by atoms with Crippen LogP contribution in [0.5, 0.6) is 11.5 Å². The molecule has 19 heavy (non-hydrogen) atoms. The Morgan fingerprint density at radius 1 is 1.05 bits per heavy atom. The minimum Gasteiger partial charge on any atom is -0.457 e. The maximum absolute atomic E-state index is 5.84. The van der Waals surface area contributed by atoms with Crippen LogP contribution in [0.4, 0.5) is 0 Å². The molecule has 0 radical (unpaired) electrons.